The number of benzene rings is 1. The number of rotatable bonds is 6. The van der Waals surface area contributed by atoms with Crippen molar-refractivity contribution in [1.82, 2.24) is 5.32 Å². The SMILES string of the molecule is CCOCc1ccc(NC(=O)C(C)C2CNC2)cc1. The maximum Gasteiger partial charge on any atom is 0.227 e. The van der Waals surface area contributed by atoms with Crippen LogP contribution in [-0.4, -0.2) is 25.6 Å². The van der Waals surface area contributed by atoms with Gasteiger partial charge < -0.3 is 15.4 Å². The quantitative estimate of drug-likeness (QED) is 0.824. The Morgan fingerprint density at radius 3 is 2.63 bits per heavy atom. The van der Waals surface area contributed by atoms with Gasteiger partial charge in [0.15, 0.2) is 0 Å². The highest BCUT2D eigenvalue weighted by molar-refractivity contribution is 5.92. The van der Waals surface area contributed by atoms with Gasteiger partial charge in [0.2, 0.25) is 5.91 Å². The normalized spacial score (nSPS) is 16.7. The van der Waals surface area contributed by atoms with Crippen LogP contribution in [0.2, 0.25) is 0 Å². The molecule has 1 amide bonds. The van der Waals surface area contributed by atoms with Crippen LogP contribution in [0.15, 0.2) is 24.3 Å². The molecule has 1 unspecified atom stereocenters. The van der Waals surface area contributed by atoms with E-state index in [9.17, 15) is 4.79 Å². The Bertz CT molecular complexity index is 413. The molecule has 0 saturated carbocycles. The van der Waals surface area contributed by atoms with Crippen LogP contribution in [0.4, 0.5) is 5.69 Å². The Labute approximate surface area is 114 Å². The lowest BCUT2D eigenvalue weighted by Gasteiger charge is -2.31. The van der Waals surface area contributed by atoms with Gasteiger partial charge in [-0.1, -0.05) is 19.1 Å². The van der Waals surface area contributed by atoms with E-state index in [4.69, 9.17) is 4.74 Å². The Kier molecular flexibility index (Phi) is 4.93. The Balaban J connectivity index is 1.86. The van der Waals surface area contributed by atoms with Gasteiger partial charge in [-0.3, -0.25) is 4.79 Å². The molecule has 1 aromatic carbocycles. The number of anilines is 1. The summed E-state index contributed by atoms with van der Waals surface area (Å²) in [5.74, 6) is 0.630. The summed E-state index contributed by atoms with van der Waals surface area (Å²) in [5.41, 5.74) is 1.97. The van der Waals surface area contributed by atoms with Crippen LogP contribution >= 0.6 is 0 Å². The summed E-state index contributed by atoms with van der Waals surface area (Å²) in [6, 6.07) is 7.83. The van der Waals surface area contributed by atoms with Crippen LogP contribution in [0.1, 0.15) is 19.4 Å². The van der Waals surface area contributed by atoms with Gasteiger partial charge >= 0.3 is 0 Å². The molecule has 0 aromatic heterocycles. The van der Waals surface area contributed by atoms with Crippen molar-refractivity contribution in [3.8, 4) is 0 Å². The van der Waals surface area contributed by atoms with Crippen molar-refractivity contribution in [3.05, 3.63) is 29.8 Å². The van der Waals surface area contributed by atoms with Crippen molar-refractivity contribution in [2.45, 2.75) is 20.5 Å². The van der Waals surface area contributed by atoms with Crippen molar-refractivity contribution < 1.29 is 9.53 Å². The van der Waals surface area contributed by atoms with E-state index in [0.717, 1.165) is 24.3 Å². The van der Waals surface area contributed by atoms with Crippen LogP contribution in [0.5, 0.6) is 0 Å². The van der Waals surface area contributed by atoms with E-state index in [1.165, 1.54) is 0 Å². The first-order valence-corrected chi connectivity index (χ1v) is 6.89. The molecule has 4 heteroatoms. The molecule has 1 aromatic rings. The molecule has 1 heterocycles. The minimum absolute atomic E-state index is 0.0596. The molecule has 1 atom stereocenters. The number of carbonyl (C=O) groups is 1. The number of hydrogen-bond acceptors (Lipinski definition) is 3. The largest absolute Gasteiger partial charge is 0.377 e. The lowest BCUT2D eigenvalue weighted by Crippen LogP contribution is -2.48. The maximum atomic E-state index is 12.0. The molecule has 19 heavy (non-hydrogen) atoms. The third-order valence-electron chi connectivity index (χ3n) is 3.63. The number of hydrogen-bond donors (Lipinski definition) is 2. The second-order valence-electron chi connectivity index (χ2n) is 5.03. The second-order valence-corrected chi connectivity index (χ2v) is 5.03. The first-order valence-electron chi connectivity index (χ1n) is 6.89. The van der Waals surface area contributed by atoms with Crippen LogP contribution < -0.4 is 10.6 Å². The molecule has 4 nitrogen and oxygen atoms in total. The number of amides is 1. The van der Waals surface area contributed by atoms with Crippen molar-refractivity contribution in [2.75, 3.05) is 25.0 Å². The molecular formula is C15H22N2O2. The molecule has 0 aliphatic carbocycles. The molecule has 0 spiro atoms. The number of carbonyl (C=O) groups excluding carboxylic acids is 1. The number of nitrogens with one attached hydrogen (secondary N) is 2. The van der Waals surface area contributed by atoms with E-state index in [-0.39, 0.29) is 11.8 Å². The molecule has 1 fully saturated rings. The van der Waals surface area contributed by atoms with Crippen LogP contribution in [-0.2, 0) is 16.1 Å². The Morgan fingerprint density at radius 2 is 2.11 bits per heavy atom. The summed E-state index contributed by atoms with van der Waals surface area (Å²) in [7, 11) is 0. The molecule has 1 aliphatic heterocycles. The van der Waals surface area contributed by atoms with Gasteiger partial charge in [0.1, 0.15) is 0 Å². The van der Waals surface area contributed by atoms with Crippen molar-refractivity contribution in [2.24, 2.45) is 11.8 Å². The molecule has 1 aliphatic rings. The zero-order valence-electron chi connectivity index (χ0n) is 11.6. The van der Waals surface area contributed by atoms with Crippen molar-refractivity contribution >= 4 is 11.6 Å². The lowest BCUT2D eigenvalue weighted by atomic mass is 9.88. The molecular weight excluding hydrogens is 240 g/mol. The highest BCUT2D eigenvalue weighted by atomic mass is 16.5. The summed E-state index contributed by atoms with van der Waals surface area (Å²) < 4.78 is 5.34. The van der Waals surface area contributed by atoms with Gasteiger partial charge in [-0.25, -0.2) is 0 Å². The van der Waals surface area contributed by atoms with Crippen molar-refractivity contribution in [1.29, 1.82) is 0 Å². The van der Waals surface area contributed by atoms with Gasteiger partial charge in [0.25, 0.3) is 0 Å². The second kappa shape index (κ2) is 6.68. The highest BCUT2D eigenvalue weighted by Gasteiger charge is 2.28. The molecule has 2 rings (SSSR count). The van der Waals surface area contributed by atoms with E-state index in [0.29, 0.717) is 19.1 Å². The van der Waals surface area contributed by atoms with Crippen LogP contribution in [0.3, 0.4) is 0 Å². The summed E-state index contributed by atoms with van der Waals surface area (Å²) in [4.78, 5) is 12.0. The van der Waals surface area contributed by atoms with E-state index in [1.54, 1.807) is 0 Å². The molecule has 0 bridgehead atoms. The molecule has 0 radical (unpaired) electrons. The fourth-order valence-corrected chi connectivity index (χ4v) is 2.04. The monoisotopic (exact) mass is 262 g/mol. The summed E-state index contributed by atoms with van der Waals surface area (Å²) >= 11 is 0. The van der Waals surface area contributed by atoms with Crippen LogP contribution in [0.25, 0.3) is 0 Å². The molecule has 1 saturated heterocycles. The fourth-order valence-electron chi connectivity index (χ4n) is 2.04. The van der Waals surface area contributed by atoms with Gasteiger partial charge in [0, 0.05) is 18.2 Å². The summed E-state index contributed by atoms with van der Waals surface area (Å²) in [5, 5.41) is 6.16. The summed E-state index contributed by atoms with van der Waals surface area (Å²) in [6.45, 7) is 7.19. The Hall–Kier alpha value is -1.39. The fraction of sp³-hybridized carbons (Fsp3) is 0.533. The highest BCUT2D eigenvalue weighted by Crippen LogP contribution is 2.18. The third-order valence-corrected chi connectivity index (χ3v) is 3.63. The smallest absolute Gasteiger partial charge is 0.227 e. The van der Waals surface area contributed by atoms with Gasteiger partial charge in [-0.15, -0.1) is 0 Å². The predicted octanol–water partition coefficient (Wildman–Crippen LogP) is 2.02. The Morgan fingerprint density at radius 1 is 1.42 bits per heavy atom. The number of ether oxygens (including phenoxy) is 1. The maximum absolute atomic E-state index is 12.0. The van der Waals surface area contributed by atoms with Gasteiger partial charge in [0.05, 0.1) is 6.61 Å². The van der Waals surface area contributed by atoms with Gasteiger partial charge in [-0.2, -0.15) is 0 Å². The van der Waals surface area contributed by atoms with E-state index in [2.05, 4.69) is 10.6 Å². The zero-order valence-corrected chi connectivity index (χ0v) is 11.6. The minimum Gasteiger partial charge on any atom is -0.377 e. The van der Waals surface area contributed by atoms with Crippen LogP contribution in [0, 0.1) is 11.8 Å². The average Bonchev–Trinajstić information content (AvgIpc) is 2.36. The predicted molar refractivity (Wildman–Crippen MR) is 75.9 cm³/mol. The third kappa shape index (κ3) is 3.78. The van der Waals surface area contributed by atoms with E-state index >= 15 is 0 Å². The van der Waals surface area contributed by atoms with Gasteiger partial charge in [-0.05, 0) is 43.6 Å². The standard InChI is InChI=1S/C15H22N2O2/c1-3-19-10-12-4-6-14(7-5-12)17-15(18)11(2)13-8-16-9-13/h4-7,11,13,16H,3,8-10H2,1-2H3,(H,17,18). The topological polar surface area (TPSA) is 50.4 Å². The first kappa shape index (κ1) is 14.0. The average molecular weight is 262 g/mol. The van der Waals surface area contributed by atoms with E-state index < -0.39 is 0 Å². The lowest BCUT2D eigenvalue weighted by molar-refractivity contribution is -0.121. The minimum atomic E-state index is 0.0596. The molecule has 104 valence electrons. The summed E-state index contributed by atoms with van der Waals surface area (Å²) in [6.07, 6.45) is 0. The molecule has 2 N–H and O–H groups in total. The first-order chi connectivity index (χ1) is 9.20. The van der Waals surface area contributed by atoms with E-state index in [1.807, 2.05) is 38.1 Å². The van der Waals surface area contributed by atoms with Crippen molar-refractivity contribution in [3.63, 3.8) is 0 Å². The zero-order chi connectivity index (χ0) is 13.7.